The molecule has 0 aliphatic carbocycles. The highest BCUT2D eigenvalue weighted by molar-refractivity contribution is 9.10. The van der Waals surface area contributed by atoms with Crippen LogP contribution in [-0.2, 0) is 9.53 Å². The fourth-order valence-electron chi connectivity index (χ4n) is 4.99. The van der Waals surface area contributed by atoms with Gasteiger partial charge in [0.1, 0.15) is 17.5 Å². The van der Waals surface area contributed by atoms with Gasteiger partial charge in [0.15, 0.2) is 4.80 Å². The number of carbonyl (C=O) groups is 1. The molecule has 5 rings (SSSR count). The molecular formula is C32H31BrN2O5S. The number of thiazole rings is 1. The van der Waals surface area contributed by atoms with E-state index in [0.29, 0.717) is 31.9 Å². The fraction of sp³-hybridized carbons (Fsp3) is 0.281. The summed E-state index contributed by atoms with van der Waals surface area (Å²) in [4.78, 5) is 32.8. The highest BCUT2D eigenvalue weighted by Crippen LogP contribution is 2.37. The summed E-state index contributed by atoms with van der Waals surface area (Å²) >= 11 is 4.83. The number of nitrogens with zero attached hydrogens (tertiary/aromatic N) is 2. The molecule has 0 spiro atoms. The second kappa shape index (κ2) is 11.7. The van der Waals surface area contributed by atoms with Gasteiger partial charge in [0, 0.05) is 15.4 Å². The fourth-order valence-corrected chi connectivity index (χ4v) is 6.41. The van der Waals surface area contributed by atoms with E-state index in [1.165, 1.54) is 11.3 Å². The maximum Gasteiger partial charge on any atom is 0.338 e. The Bertz CT molecular complexity index is 1870. The van der Waals surface area contributed by atoms with E-state index in [9.17, 15) is 9.59 Å². The number of rotatable bonds is 7. The molecule has 212 valence electrons. The van der Waals surface area contributed by atoms with E-state index in [1.54, 1.807) is 32.4 Å². The van der Waals surface area contributed by atoms with Crippen LogP contribution in [0.5, 0.6) is 11.5 Å². The molecule has 4 aromatic rings. The molecule has 2 heterocycles. The standard InChI is InChI=1S/C32H31BrN2O5S/c1-17(2)39-26-13-11-20(22-9-7-8-10-23(22)26)15-27-30(36)35-29(24-16-21(33)12-14-25(24)38-6)28(31(37)40-18(3)4)19(5)34-32(35)41-27/h7-18,29H,1-6H3/b27-15-/t29-/m1/s1. The molecular weight excluding hydrogens is 604 g/mol. The molecule has 0 saturated carbocycles. The van der Waals surface area contributed by atoms with Crippen LogP contribution in [0.2, 0.25) is 0 Å². The molecule has 9 heteroatoms. The first-order valence-electron chi connectivity index (χ1n) is 13.3. The van der Waals surface area contributed by atoms with Gasteiger partial charge >= 0.3 is 5.97 Å². The van der Waals surface area contributed by atoms with Crippen molar-refractivity contribution in [2.45, 2.75) is 52.9 Å². The third-order valence-corrected chi connectivity index (χ3v) is 8.11. The normalized spacial score (nSPS) is 15.3. The van der Waals surface area contributed by atoms with Gasteiger partial charge in [-0.05, 0) is 75.9 Å². The van der Waals surface area contributed by atoms with Crippen molar-refractivity contribution < 1.29 is 19.0 Å². The van der Waals surface area contributed by atoms with Crippen molar-refractivity contribution >= 4 is 50.1 Å². The lowest BCUT2D eigenvalue weighted by Gasteiger charge is -2.26. The number of fused-ring (bicyclic) bond motifs is 2. The van der Waals surface area contributed by atoms with Crippen molar-refractivity contribution in [3.05, 3.63) is 101 Å². The largest absolute Gasteiger partial charge is 0.496 e. The minimum absolute atomic E-state index is 0.0304. The smallest absolute Gasteiger partial charge is 0.338 e. The zero-order chi connectivity index (χ0) is 29.4. The van der Waals surface area contributed by atoms with E-state index in [2.05, 4.69) is 15.9 Å². The molecule has 0 radical (unpaired) electrons. The van der Waals surface area contributed by atoms with Crippen molar-refractivity contribution in [2.75, 3.05) is 7.11 Å². The summed E-state index contributed by atoms with van der Waals surface area (Å²) in [6.07, 6.45) is 1.57. The summed E-state index contributed by atoms with van der Waals surface area (Å²) in [5.74, 6) is 0.818. The summed E-state index contributed by atoms with van der Waals surface area (Å²) in [6.45, 7) is 9.34. The van der Waals surface area contributed by atoms with Gasteiger partial charge in [0.05, 0.1) is 35.1 Å². The number of halogens is 1. The predicted molar refractivity (Wildman–Crippen MR) is 165 cm³/mol. The number of esters is 1. The molecule has 0 N–H and O–H groups in total. The van der Waals surface area contributed by atoms with Crippen LogP contribution in [0.25, 0.3) is 16.8 Å². The molecule has 41 heavy (non-hydrogen) atoms. The molecule has 0 saturated heterocycles. The van der Waals surface area contributed by atoms with Crippen LogP contribution in [0.1, 0.15) is 51.8 Å². The van der Waals surface area contributed by atoms with Gasteiger partial charge < -0.3 is 14.2 Å². The van der Waals surface area contributed by atoms with Crippen LogP contribution in [0.3, 0.4) is 0 Å². The SMILES string of the molecule is COc1ccc(Br)cc1[C@@H]1C(C(=O)OC(C)C)=C(C)N=c2s/c(=C\c3ccc(OC(C)C)c4ccccc34)c(=O)n21. The molecule has 1 aromatic heterocycles. The van der Waals surface area contributed by atoms with Gasteiger partial charge in [-0.3, -0.25) is 9.36 Å². The van der Waals surface area contributed by atoms with Crippen LogP contribution in [-0.4, -0.2) is 29.9 Å². The first-order valence-corrected chi connectivity index (χ1v) is 14.9. The first kappa shape index (κ1) is 28.8. The van der Waals surface area contributed by atoms with Crippen LogP contribution in [0.15, 0.2) is 80.1 Å². The number of methoxy groups -OCH3 is 1. The number of carbonyl (C=O) groups excluding carboxylic acids is 1. The Morgan fingerprint density at radius 1 is 1.02 bits per heavy atom. The third kappa shape index (κ3) is 5.61. The van der Waals surface area contributed by atoms with E-state index < -0.39 is 12.0 Å². The van der Waals surface area contributed by atoms with Crippen LogP contribution in [0, 0.1) is 0 Å². The monoisotopic (exact) mass is 634 g/mol. The van der Waals surface area contributed by atoms with Crippen molar-refractivity contribution in [1.29, 1.82) is 0 Å². The zero-order valence-corrected chi connectivity index (χ0v) is 26.1. The summed E-state index contributed by atoms with van der Waals surface area (Å²) in [5, 5.41) is 1.94. The summed E-state index contributed by atoms with van der Waals surface area (Å²) in [5.41, 5.74) is 2.08. The quantitative estimate of drug-likeness (QED) is 0.237. The Morgan fingerprint density at radius 2 is 1.73 bits per heavy atom. The maximum atomic E-state index is 14.2. The van der Waals surface area contributed by atoms with Gasteiger partial charge in [-0.25, -0.2) is 9.79 Å². The third-order valence-electron chi connectivity index (χ3n) is 6.64. The maximum absolute atomic E-state index is 14.2. The number of aromatic nitrogens is 1. The number of allylic oxidation sites excluding steroid dienone is 1. The Balaban J connectivity index is 1.75. The summed E-state index contributed by atoms with van der Waals surface area (Å²) < 4.78 is 20.2. The van der Waals surface area contributed by atoms with E-state index in [1.807, 2.05) is 74.5 Å². The van der Waals surface area contributed by atoms with Gasteiger partial charge in [0.25, 0.3) is 5.56 Å². The first-order chi connectivity index (χ1) is 19.6. The molecule has 1 aliphatic rings. The molecule has 0 amide bonds. The molecule has 0 fully saturated rings. The van der Waals surface area contributed by atoms with Crippen molar-refractivity contribution in [2.24, 2.45) is 4.99 Å². The predicted octanol–water partition coefficient (Wildman–Crippen LogP) is 5.90. The Kier molecular flexibility index (Phi) is 8.20. The lowest BCUT2D eigenvalue weighted by molar-refractivity contribution is -0.143. The zero-order valence-electron chi connectivity index (χ0n) is 23.7. The second-order valence-electron chi connectivity index (χ2n) is 10.3. The summed E-state index contributed by atoms with van der Waals surface area (Å²) in [6, 6.07) is 16.6. The number of ether oxygens (including phenoxy) is 3. The van der Waals surface area contributed by atoms with Crippen LogP contribution < -0.4 is 24.4 Å². The van der Waals surface area contributed by atoms with E-state index in [0.717, 1.165) is 26.6 Å². The van der Waals surface area contributed by atoms with E-state index >= 15 is 0 Å². The average molecular weight is 636 g/mol. The van der Waals surface area contributed by atoms with Crippen molar-refractivity contribution in [3.8, 4) is 11.5 Å². The highest BCUT2D eigenvalue weighted by Gasteiger charge is 2.35. The van der Waals surface area contributed by atoms with Gasteiger partial charge in [-0.2, -0.15) is 0 Å². The second-order valence-corrected chi connectivity index (χ2v) is 12.2. The molecule has 0 bridgehead atoms. The summed E-state index contributed by atoms with van der Waals surface area (Å²) in [7, 11) is 1.57. The molecule has 3 aromatic carbocycles. The van der Waals surface area contributed by atoms with E-state index in [4.69, 9.17) is 19.2 Å². The Labute approximate surface area is 250 Å². The minimum atomic E-state index is -0.786. The topological polar surface area (TPSA) is 79.1 Å². The number of benzene rings is 3. The Hall–Kier alpha value is -3.69. The average Bonchev–Trinajstić information content (AvgIpc) is 3.22. The number of hydrogen-bond acceptors (Lipinski definition) is 7. The Morgan fingerprint density at radius 3 is 2.41 bits per heavy atom. The highest BCUT2D eigenvalue weighted by atomic mass is 79.9. The number of hydrogen-bond donors (Lipinski definition) is 0. The molecule has 1 atom stereocenters. The molecule has 0 unspecified atom stereocenters. The molecule has 7 nitrogen and oxygen atoms in total. The van der Waals surface area contributed by atoms with Crippen LogP contribution >= 0.6 is 27.3 Å². The van der Waals surface area contributed by atoms with Crippen LogP contribution in [0.4, 0.5) is 0 Å². The lowest BCUT2D eigenvalue weighted by Crippen LogP contribution is -2.40. The van der Waals surface area contributed by atoms with Gasteiger partial charge in [0.2, 0.25) is 0 Å². The van der Waals surface area contributed by atoms with Gasteiger partial charge in [-0.15, -0.1) is 0 Å². The van der Waals surface area contributed by atoms with Crippen molar-refractivity contribution in [3.63, 3.8) is 0 Å². The van der Waals surface area contributed by atoms with E-state index in [-0.39, 0.29) is 17.8 Å². The molecule has 1 aliphatic heterocycles. The van der Waals surface area contributed by atoms with Crippen molar-refractivity contribution in [1.82, 2.24) is 4.57 Å². The van der Waals surface area contributed by atoms with Gasteiger partial charge in [-0.1, -0.05) is 57.6 Å². The lowest BCUT2D eigenvalue weighted by atomic mass is 9.95. The minimum Gasteiger partial charge on any atom is -0.496 e.